The Hall–Kier alpha value is -3.04. The molecule has 0 radical (unpaired) electrons. The van der Waals surface area contributed by atoms with Gasteiger partial charge >= 0.3 is 5.97 Å². The minimum atomic E-state index is -1.13. The largest absolute Gasteiger partial charge is 0.481 e. The molecule has 0 spiro atoms. The number of carboxylic acid groups (broad SMARTS) is 1. The van der Waals surface area contributed by atoms with Crippen molar-refractivity contribution >= 4 is 18.6 Å². The van der Waals surface area contributed by atoms with Gasteiger partial charge in [0.15, 0.2) is 18.2 Å². The van der Waals surface area contributed by atoms with E-state index in [1.807, 2.05) is 0 Å². The van der Waals surface area contributed by atoms with Crippen molar-refractivity contribution in [3.05, 3.63) is 83.4 Å². The van der Waals surface area contributed by atoms with E-state index in [0.29, 0.717) is 17.0 Å². The maximum absolute atomic E-state index is 13.4. The predicted molar refractivity (Wildman–Crippen MR) is 111 cm³/mol. The van der Waals surface area contributed by atoms with Crippen LogP contribution in [0.2, 0.25) is 0 Å². The summed E-state index contributed by atoms with van der Waals surface area (Å²) in [6, 6.07) is 11.6. The number of hydrogen-bond acceptors (Lipinski definition) is 4. The summed E-state index contributed by atoms with van der Waals surface area (Å²) in [5.74, 6) is -3.99. The molecule has 3 aromatic carbocycles. The highest BCUT2D eigenvalue weighted by Crippen LogP contribution is 2.32. The zero-order valence-corrected chi connectivity index (χ0v) is 17.2. The lowest BCUT2D eigenvalue weighted by atomic mass is 10.0. The molecule has 0 aliphatic carbocycles. The number of carbonyl (C=O) groups is 1. The summed E-state index contributed by atoms with van der Waals surface area (Å²) >= 11 is 3.79. The molecule has 0 unspecified atom stereocenters. The van der Waals surface area contributed by atoms with Gasteiger partial charge in [0.05, 0.1) is 0 Å². The third-order valence-corrected chi connectivity index (χ3v) is 4.13. The van der Waals surface area contributed by atoms with Crippen LogP contribution >= 0.6 is 12.6 Å². The molecule has 0 aromatic heterocycles. The summed E-state index contributed by atoms with van der Waals surface area (Å²) in [5.41, 5.74) is 1.60. The number of halogens is 4. The molecule has 3 aromatic rings. The summed E-state index contributed by atoms with van der Waals surface area (Å²) in [4.78, 5) is 11.1. The third kappa shape index (κ3) is 7.62. The normalized spacial score (nSPS) is 10.3. The lowest BCUT2D eigenvalue weighted by Gasteiger charge is -2.13. The van der Waals surface area contributed by atoms with Gasteiger partial charge in [-0.3, -0.25) is 0 Å². The molecule has 0 bridgehead atoms. The zero-order chi connectivity index (χ0) is 23.0. The van der Waals surface area contributed by atoms with E-state index in [0.717, 1.165) is 23.8 Å². The summed E-state index contributed by atoms with van der Waals surface area (Å²) in [6.45, 7) is 0.0280. The van der Waals surface area contributed by atoms with Gasteiger partial charge in [0.2, 0.25) is 0 Å². The van der Waals surface area contributed by atoms with Crippen molar-refractivity contribution in [2.24, 2.45) is 0 Å². The Morgan fingerprint density at radius 3 is 2.19 bits per heavy atom. The third-order valence-electron chi connectivity index (χ3n) is 3.85. The molecule has 0 saturated heterocycles. The number of nitrogens with one attached hydrogen (secondary N) is 1. The summed E-state index contributed by atoms with van der Waals surface area (Å²) in [5, 5.41) is 11.7. The van der Waals surface area contributed by atoms with Crippen molar-refractivity contribution in [1.82, 2.24) is 5.32 Å². The smallest absolute Gasteiger partial charge is 0.341 e. The number of benzene rings is 3. The van der Waals surface area contributed by atoms with Gasteiger partial charge in [-0.2, -0.15) is 0 Å². The van der Waals surface area contributed by atoms with E-state index in [9.17, 15) is 22.4 Å². The SMILES string of the molecule is CNCc1ccc(OCC(=O)O)c(-c2cc(F)cc(F)c2)c1.Fc1ccc(S)cc1F. The van der Waals surface area contributed by atoms with Gasteiger partial charge < -0.3 is 15.2 Å². The molecule has 164 valence electrons. The van der Waals surface area contributed by atoms with Crippen LogP contribution in [0, 0.1) is 23.3 Å². The molecule has 0 aliphatic heterocycles. The Morgan fingerprint density at radius 1 is 0.968 bits per heavy atom. The van der Waals surface area contributed by atoms with Crippen molar-refractivity contribution < 1.29 is 32.2 Å². The molecular formula is C22H19F4NO3S. The summed E-state index contributed by atoms with van der Waals surface area (Å²) in [7, 11) is 1.77. The lowest BCUT2D eigenvalue weighted by molar-refractivity contribution is -0.139. The predicted octanol–water partition coefficient (Wildman–Crippen LogP) is 5.07. The van der Waals surface area contributed by atoms with Crippen LogP contribution in [0.5, 0.6) is 5.75 Å². The minimum absolute atomic E-state index is 0.257. The van der Waals surface area contributed by atoms with Gasteiger partial charge in [-0.1, -0.05) is 6.07 Å². The van der Waals surface area contributed by atoms with Crippen LogP contribution in [0.4, 0.5) is 17.6 Å². The molecule has 0 fully saturated rings. The number of carboxylic acids is 1. The highest BCUT2D eigenvalue weighted by Gasteiger charge is 2.12. The van der Waals surface area contributed by atoms with Crippen LogP contribution in [-0.4, -0.2) is 24.7 Å². The topological polar surface area (TPSA) is 58.6 Å². The van der Waals surface area contributed by atoms with Crippen molar-refractivity contribution in [3.63, 3.8) is 0 Å². The number of aliphatic carboxylic acids is 1. The van der Waals surface area contributed by atoms with Gasteiger partial charge in [-0.05, 0) is 60.6 Å². The zero-order valence-electron chi connectivity index (χ0n) is 16.3. The van der Waals surface area contributed by atoms with Crippen molar-refractivity contribution in [2.75, 3.05) is 13.7 Å². The molecule has 0 atom stereocenters. The van der Waals surface area contributed by atoms with Gasteiger partial charge in [-0.25, -0.2) is 22.4 Å². The first-order valence-electron chi connectivity index (χ1n) is 8.92. The summed E-state index contributed by atoms with van der Waals surface area (Å²) in [6.07, 6.45) is 0. The quantitative estimate of drug-likeness (QED) is 0.360. The standard InChI is InChI=1S/C16H15F2NO3.C6H4F2S/c1-19-8-10-2-3-15(22-9-16(20)21)14(4-10)11-5-12(17)7-13(18)6-11;7-5-2-1-4(9)3-6(5)8/h2-7,19H,8-9H2,1H3,(H,20,21);1-3,9H. The fraction of sp³-hybridized carbons (Fsp3) is 0.136. The van der Waals surface area contributed by atoms with Crippen molar-refractivity contribution in [3.8, 4) is 16.9 Å². The molecule has 0 amide bonds. The van der Waals surface area contributed by atoms with E-state index in [-0.39, 0.29) is 11.3 Å². The maximum atomic E-state index is 13.4. The molecule has 31 heavy (non-hydrogen) atoms. The Labute approximate surface area is 181 Å². The van der Waals surface area contributed by atoms with Crippen LogP contribution in [-0.2, 0) is 11.3 Å². The van der Waals surface area contributed by atoms with Crippen LogP contribution in [0.1, 0.15) is 5.56 Å². The molecule has 0 heterocycles. The highest BCUT2D eigenvalue weighted by molar-refractivity contribution is 7.80. The summed E-state index contributed by atoms with van der Waals surface area (Å²) < 4.78 is 56.3. The second-order valence-corrected chi connectivity index (χ2v) is 6.82. The number of hydrogen-bond donors (Lipinski definition) is 3. The van der Waals surface area contributed by atoms with Crippen LogP contribution in [0.3, 0.4) is 0 Å². The van der Waals surface area contributed by atoms with Crippen molar-refractivity contribution in [1.29, 1.82) is 0 Å². The van der Waals surface area contributed by atoms with Crippen LogP contribution in [0.15, 0.2) is 59.5 Å². The number of thiol groups is 1. The Bertz CT molecular complexity index is 1040. The van der Waals surface area contributed by atoms with E-state index >= 15 is 0 Å². The van der Waals surface area contributed by atoms with Crippen LogP contribution < -0.4 is 10.1 Å². The molecule has 2 N–H and O–H groups in total. The second kappa shape index (κ2) is 11.4. The Kier molecular flexibility index (Phi) is 8.89. The molecular weight excluding hydrogens is 434 g/mol. The molecule has 4 nitrogen and oxygen atoms in total. The average Bonchev–Trinajstić information content (AvgIpc) is 2.70. The van der Waals surface area contributed by atoms with E-state index in [1.54, 1.807) is 25.2 Å². The van der Waals surface area contributed by atoms with E-state index < -0.39 is 35.8 Å². The fourth-order valence-electron chi connectivity index (χ4n) is 2.58. The minimum Gasteiger partial charge on any atom is -0.481 e. The van der Waals surface area contributed by atoms with Gasteiger partial charge in [0.25, 0.3) is 0 Å². The first-order chi connectivity index (χ1) is 14.7. The Balaban J connectivity index is 0.000000316. The Morgan fingerprint density at radius 2 is 1.65 bits per heavy atom. The van der Waals surface area contributed by atoms with Crippen LogP contribution in [0.25, 0.3) is 11.1 Å². The van der Waals surface area contributed by atoms with Gasteiger partial charge in [-0.15, -0.1) is 12.6 Å². The van der Waals surface area contributed by atoms with Gasteiger partial charge in [0, 0.05) is 23.1 Å². The van der Waals surface area contributed by atoms with Gasteiger partial charge in [0.1, 0.15) is 17.4 Å². The first-order valence-corrected chi connectivity index (χ1v) is 9.37. The van der Waals surface area contributed by atoms with E-state index in [2.05, 4.69) is 17.9 Å². The maximum Gasteiger partial charge on any atom is 0.341 e. The number of rotatable bonds is 6. The molecule has 0 saturated carbocycles. The molecule has 9 heteroatoms. The first kappa shape index (κ1) is 24.2. The second-order valence-electron chi connectivity index (χ2n) is 6.30. The molecule has 0 aliphatic rings. The van der Waals surface area contributed by atoms with E-state index in [4.69, 9.17) is 9.84 Å². The lowest BCUT2D eigenvalue weighted by Crippen LogP contribution is -2.10. The van der Waals surface area contributed by atoms with E-state index in [1.165, 1.54) is 18.2 Å². The molecule has 3 rings (SSSR count). The highest BCUT2D eigenvalue weighted by atomic mass is 32.1. The fourth-order valence-corrected chi connectivity index (χ4v) is 2.76. The number of ether oxygens (including phenoxy) is 1. The monoisotopic (exact) mass is 453 g/mol. The average molecular weight is 453 g/mol. The van der Waals surface area contributed by atoms with Crippen molar-refractivity contribution in [2.45, 2.75) is 11.4 Å².